The van der Waals surface area contributed by atoms with E-state index in [0.717, 1.165) is 17.5 Å². The highest BCUT2D eigenvalue weighted by atomic mass is 17.1. The first-order valence-electron chi connectivity index (χ1n) is 13.3. The SMILES string of the molecule is CCCCCCCCCCCCCCCCCCCCOC(=N)c1ccc(COO)cc1. The van der Waals surface area contributed by atoms with Crippen molar-refractivity contribution in [3.63, 3.8) is 0 Å². The Labute approximate surface area is 197 Å². The summed E-state index contributed by atoms with van der Waals surface area (Å²) in [5, 5.41) is 16.5. The number of unbranched alkanes of at least 4 members (excludes halogenated alkanes) is 17. The molecule has 1 aromatic carbocycles. The van der Waals surface area contributed by atoms with E-state index in [9.17, 15) is 0 Å². The fraction of sp³-hybridized carbons (Fsp3) is 0.750. The predicted molar refractivity (Wildman–Crippen MR) is 135 cm³/mol. The first-order valence-corrected chi connectivity index (χ1v) is 13.3. The van der Waals surface area contributed by atoms with E-state index in [1.165, 1.54) is 109 Å². The van der Waals surface area contributed by atoms with Gasteiger partial charge in [0.05, 0.1) is 6.61 Å². The Morgan fingerprint density at radius 1 is 0.656 bits per heavy atom. The van der Waals surface area contributed by atoms with Gasteiger partial charge in [-0.3, -0.25) is 10.7 Å². The summed E-state index contributed by atoms with van der Waals surface area (Å²) in [6, 6.07) is 7.32. The maximum Gasteiger partial charge on any atom is 0.213 e. The molecule has 0 aliphatic heterocycles. The molecule has 4 heteroatoms. The zero-order chi connectivity index (χ0) is 23.1. The number of benzene rings is 1. The second kappa shape index (κ2) is 21.5. The summed E-state index contributed by atoms with van der Waals surface area (Å²) in [6.07, 6.45) is 24.6. The number of nitrogens with one attached hydrogen (secondary N) is 1. The van der Waals surface area contributed by atoms with Gasteiger partial charge in [-0.25, -0.2) is 4.89 Å². The van der Waals surface area contributed by atoms with E-state index < -0.39 is 0 Å². The molecule has 0 spiro atoms. The fourth-order valence-corrected chi connectivity index (χ4v) is 4.09. The molecular weight excluding hydrogens is 398 g/mol. The molecule has 0 bridgehead atoms. The minimum Gasteiger partial charge on any atom is -0.478 e. The molecule has 184 valence electrons. The standard InChI is InChI=1S/C28H49NO3/c1-2-3-4-5-6-7-8-9-10-11-12-13-14-15-16-17-18-19-24-31-28(29)27-22-20-26(21-23-27)25-32-30/h20-23,29-30H,2-19,24-25H2,1H3. The first-order chi connectivity index (χ1) is 15.8. The molecule has 1 aromatic rings. The van der Waals surface area contributed by atoms with Crippen LogP contribution in [0, 0.1) is 5.41 Å². The molecule has 0 saturated heterocycles. The smallest absolute Gasteiger partial charge is 0.213 e. The van der Waals surface area contributed by atoms with Crippen molar-refractivity contribution in [2.45, 2.75) is 129 Å². The second-order valence-electron chi connectivity index (χ2n) is 9.16. The minimum atomic E-state index is 0.160. The largest absolute Gasteiger partial charge is 0.478 e. The molecule has 2 N–H and O–H groups in total. The van der Waals surface area contributed by atoms with E-state index in [1.54, 1.807) is 0 Å². The summed E-state index contributed by atoms with van der Waals surface area (Å²) in [6.45, 7) is 3.06. The quantitative estimate of drug-likeness (QED) is 0.0612. The van der Waals surface area contributed by atoms with Crippen molar-refractivity contribution < 1.29 is 14.9 Å². The van der Waals surface area contributed by atoms with Crippen molar-refractivity contribution in [1.82, 2.24) is 0 Å². The molecule has 4 nitrogen and oxygen atoms in total. The van der Waals surface area contributed by atoms with E-state index in [1.807, 2.05) is 24.3 Å². The lowest BCUT2D eigenvalue weighted by atomic mass is 10.0. The Morgan fingerprint density at radius 3 is 1.47 bits per heavy atom. The molecule has 0 heterocycles. The van der Waals surface area contributed by atoms with Gasteiger partial charge in [-0.05, 0) is 24.1 Å². The van der Waals surface area contributed by atoms with Gasteiger partial charge < -0.3 is 4.74 Å². The van der Waals surface area contributed by atoms with Crippen LogP contribution in [-0.4, -0.2) is 17.8 Å². The van der Waals surface area contributed by atoms with Crippen molar-refractivity contribution in [2.24, 2.45) is 0 Å². The topological polar surface area (TPSA) is 62.5 Å². The van der Waals surface area contributed by atoms with Crippen molar-refractivity contribution in [3.8, 4) is 0 Å². The molecule has 0 aliphatic rings. The third-order valence-electron chi connectivity index (χ3n) is 6.19. The molecule has 32 heavy (non-hydrogen) atoms. The van der Waals surface area contributed by atoms with Gasteiger partial charge in [-0.2, -0.15) is 0 Å². The van der Waals surface area contributed by atoms with Crippen LogP contribution in [0.3, 0.4) is 0 Å². The van der Waals surface area contributed by atoms with Crippen LogP contribution >= 0.6 is 0 Å². The number of hydrogen-bond donors (Lipinski definition) is 2. The van der Waals surface area contributed by atoms with Gasteiger partial charge in [0.2, 0.25) is 5.90 Å². The molecule has 0 atom stereocenters. The molecule has 1 rings (SSSR count). The molecule has 0 unspecified atom stereocenters. The predicted octanol–water partition coefficient (Wildman–Crippen LogP) is 9.06. The molecular formula is C28H49NO3. The highest BCUT2D eigenvalue weighted by molar-refractivity contribution is 5.91. The van der Waals surface area contributed by atoms with Crippen LogP contribution in [0.4, 0.5) is 0 Å². The van der Waals surface area contributed by atoms with Crippen molar-refractivity contribution in [2.75, 3.05) is 6.61 Å². The normalized spacial score (nSPS) is 11.1. The Kier molecular flexibility index (Phi) is 19.2. The third-order valence-corrected chi connectivity index (χ3v) is 6.19. The van der Waals surface area contributed by atoms with Crippen LogP contribution in [0.1, 0.15) is 134 Å². The zero-order valence-corrected chi connectivity index (χ0v) is 20.7. The van der Waals surface area contributed by atoms with Gasteiger partial charge in [-0.1, -0.05) is 128 Å². The molecule has 0 amide bonds. The van der Waals surface area contributed by atoms with E-state index >= 15 is 0 Å². The average Bonchev–Trinajstić information content (AvgIpc) is 2.81. The maximum absolute atomic E-state index is 8.46. The van der Waals surface area contributed by atoms with Crippen molar-refractivity contribution >= 4 is 5.90 Å². The lowest BCUT2D eigenvalue weighted by Gasteiger charge is -2.08. The van der Waals surface area contributed by atoms with Gasteiger partial charge in [0.15, 0.2) is 0 Å². The molecule has 0 fully saturated rings. The Hall–Kier alpha value is -1.39. The number of rotatable bonds is 22. The van der Waals surface area contributed by atoms with Crippen LogP contribution < -0.4 is 0 Å². The van der Waals surface area contributed by atoms with E-state index in [0.29, 0.717) is 6.61 Å². The molecule has 0 aliphatic carbocycles. The second-order valence-corrected chi connectivity index (χ2v) is 9.16. The highest BCUT2D eigenvalue weighted by Gasteiger charge is 2.03. The molecule has 0 saturated carbocycles. The van der Waals surface area contributed by atoms with E-state index in [-0.39, 0.29) is 12.5 Å². The fourth-order valence-electron chi connectivity index (χ4n) is 4.09. The number of ether oxygens (including phenoxy) is 1. The summed E-state index contributed by atoms with van der Waals surface area (Å²) >= 11 is 0. The van der Waals surface area contributed by atoms with Gasteiger partial charge in [0, 0.05) is 5.56 Å². The average molecular weight is 448 g/mol. The molecule has 0 radical (unpaired) electrons. The maximum atomic E-state index is 8.46. The van der Waals surface area contributed by atoms with Crippen molar-refractivity contribution in [3.05, 3.63) is 35.4 Å². The lowest BCUT2D eigenvalue weighted by molar-refractivity contribution is -0.253. The summed E-state index contributed by atoms with van der Waals surface area (Å²) in [4.78, 5) is 4.12. The summed E-state index contributed by atoms with van der Waals surface area (Å²) < 4.78 is 5.56. The van der Waals surface area contributed by atoms with Gasteiger partial charge in [0.25, 0.3) is 0 Å². The third kappa shape index (κ3) is 16.3. The van der Waals surface area contributed by atoms with Crippen LogP contribution in [-0.2, 0) is 16.2 Å². The number of hydrogen-bond acceptors (Lipinski definition) is 4. The summed E-state index contributed by atoms with van der Waals surface area (Å²) in [5.74, 6) is 0.216. The summed E-state index contributed by atoms with van der Waals surface area (Å²) in [7, 11) is 0. The summed E-state index contributed by atoms with van der Waals surface area (Å²) in [5.41, 5.74) is 1.63. The lowest BCUT2D eigenvalue weighted by Crippen LogP contribution is -2.06. The monoisotopic (exact) mass is 447 g/mol. The first kappa shape index (κ1) is 28.6. The Balaban J connectivity index is 1.80. The Bertz CT molecular complexity index is 544. The zero-order valence-electron chi connectivity index (χ0n) is 20.7. The van der Waals surface area contributed by atoms with Gasteiger partial charge in [0.1, 0.15) is 6.61 Å². The van der Waals surface area contributed by atoms with Crippen LogP contribution in [0.5, 0.6) is 0 Å². The van der Waals surface area contributed by atoms with Crippen LogP contribution in [0.25, 0.3) is 0 Å². The van der Waals surface area contributed by atoms with Gasteiger partial charge >= 0.3 is 0 Å². The van der Waals surface area contributed by atoms with Crippen LogP contribution in [0.2, 0.25) is 0 Å². The Morgan fingerprint density at radius 2 is 1.06 bits per heavy atom. The van der Waals surface area contributed by atoms with Crippen molar-refractivity contribution in [1.29, 1.82) is 5.41 Å². The van der Waals surface area contributed by atoms with E-state index in [2.05, 4.69) is 11.8 Å². The van der Waals surface area contributed by atoms with Crippen LogP contribution in [0.15, 0.2) is 24.3 Å². The molecule has 0 aromatic heterocycles. The van der Waals surface area contributed by atoms with Gasteiger partial charge in [-0.15, -0.1) is 0 Å². The minimum absolute atomic E-state index is 0.160. The van der Waals surface area contributed by atoms with E-state index in [4.69, 9.17) is 15.4 Å². The highest BCUT2D eigenvalue weighted by Crippen LogP contribution is 2.14.